The van der Waals surface area contributed by atoms with Gasteiger partial charge in [-0.3, -0.25) is 14.4 Å². The standard InChI is InChI=1S/C8H14N2O2.C6H13NO2.2C2H6/c1-6(11)10-4-3-7(5-10)8(12)9-2;1-6(2,4-8)5(9)7-3;2*1-2/h7H,3-5H2,1-2H3,(H,9,12);8H,4H2,1-3H3,(H,7,9);2*1-2H3. The number of likely N-dealkylation sites (tertiary alicyclic amines) is 1. The topological polar surface area (TPSA) is 98.7 Å². The van der Waals surface area contributed by atoms with Gasteiger partial charge >= 0.3 is 0 Å². The third kappa shape index (κ3) is 11.5. The first-order valence-electron chi connectivity index (χ1n) is 8.99. The second-order valence-electron chi connectivity index (χ2n) is 5.69. The predicted octanol–water partition coefficient (Wildman–Crippen LogP) is 1.40. The summed E-state index contributed by atoms with van der Waals surface area (Å²) in [6, 6.07) is 0. The number of nitrogens with zero attached hydrogens (tertiary/aromatic N) is 1. The van der Waals surface area contributed by atoms with E-state index in [0.717, 1.165) is 6.42 Å². The van der Waals surface area contributed by atoms with E-state index >= 15 is 0 Å². The molecule has 1 unspecified atom stereocenters. The van der Waals surface area contributed by atoms with Crippen LogP contribution in [0.3, 0.4) is 0 Å². The third-order valence-electron chi connectivity index (χ3n) is 3.49. The summed E-state index contributed by atoms with van der Waals surface area (Å²) in [5.74, 6) is -0.0379. The molecule has 1 fully saturated rings. The molecule has 1 aliphatic heterocycles. The molecule has 150 valence electrons. The normalized spacial score (nSPS) is 15.3. The quantitative estimate of drug-likeness (QED) is 0.708. The predicted molar refractivity (Wildman–Crippen MR) is 102 cm³/mol. The number of rotatable bonds is 3. The van der Waals surface area contributed by atoms with Crippen LogP contribution in [-0.4, -0.2) is 61.5 Å². The van der Waals surface area contributed by atoms with Crippen LogP contribution in [0.15, 0.2) is 0 Å². The highest BCUT2D eigenvalue weighted by atomic mass is 16.3. The molecule has 7 nitrogen and oxygen atoms in total. The van der Waals surface area contributed by atoms with Crippen LogP contribution in [0.25, 0.3) is 0 Å². The maximum absolute atomic E-state index is 11.1. The van der Waals surface area contributed by atoms with Crippen molar-refractivity contribution in [3.63, 3.8) is 0 Å². The van der Waals surface area contributed by atoms with E-state index < -0.39 is 5.41 Å². The van der Waals surface area contributed by atoms with Gasteiger partial charge in [0.15, 0.2) is 0 Å². The maximum Gasteiger partial charge on any atom is 0.227 e. The van der Waals surface area contributed by atoms with Crippen LogP contribution in [-0.2, 0) is 14.4 Å². The Balaban J connectivity index is -0.000000332. The van der Waals surface area contributed by atoms with Crippen molar-refractivity contribution in [3.8, 4) is 0 Å². The van der Waals surface area contributed by atoms with Crippen molar-refractivity contribution in [2.24, 2.45) is 11.3 Å². The van der Waals surface area contributed by atoms with E-state index in [9.17, 15) is 14.4 Å². The lowest BCUT2D eigenvalue weighted by molar-refractivity contribution is -0.131. The minimum absolute atomic E-state index is 0.00102. The van der Waals surface area contributed by atoms with Gasteiger partial charge in [0, 0.05) is 34.1 Å². The smallest absolute Gasteiger partial charge is 0.227 e. The molecule has 1 rings (SSSR count). The Bertz CT molecular complexity index is 385. The Morgan fingerprint density at radius 2 is 1.56 bits per heavy atom. The molecule has 0 radical (unpaired) electrons. The van der Waals surface area contributed by atoms with Crippen LogP contribution in [0.5, 0.6) is 0 Å². The molecule has 1 heterocycles. The molecule has 0 aliphatic carbocycles. The molecule has 1 aliphatic rings. The lowest BCUT2D eigenvalue weighted by Crippen LogP contribution is -2.37. The van der Waals surface area contributed by atoms with E-state index in [1.807, 2.05) is 27.7 Å². The first kappa shape index (κ1) is 28.2. The number of aliphatic hydroxyl groups excluding tert-OH is 1. The Kier molecular flexibility index (Phi) is 17.9. The van der Waals surface area contributed by atoms with E-state index in [0.29, 0.717) is 13.1 Å². The average molecular weight is 362 g/mol. The molecule has 0 aromatic carbocycles. The summed E-state index contributed by atoms with van der Waals surface area (Å²) in [5, 5.41) is 13.7. The Morgan fingerprint density at radius 3 is 1.80 bits per heavy atom. The number of hydrogen-bond acceptors (Lipinski definition) is 4. The van der Waals surface area contributed by atoms with Crippen molar-refractivity contribution >= 4 is 17.7 Å². The molecule has 0 aromatic rings. The molecule has 0 spiro atoms. The van der Waals surface area contributed by atoms with Crippen LogP contribution in [0.1, 0.15) is 54.9 Å². The molecule has 1 atom stereocenters. The van der Waals surface area contributed by atoms with Gasteiger partial charge in [0.05, 0.1) is 17.9 Å². The van der Waals surface area contributed by atoms with Crippen LogP contribution in [0, 0.1) is 11.3 Å². The van der Waals surface area contributed by atoms with Gasteiger partial charge in [-0.15, -0.1) is 0 Å². The van der Waals surface area contributed by atoms with Crippen molar-refractivity contribution in [2.45, 2.75) is 54.9 Å². The van der Waals surface area contributed by atoms with Crippen LogP contribution < -0.4 is 10.6 Å². The third-order valence-corrected chi connectivity index (χ3v) is 3.49. The van der Waals surface area contributed by atoms with Crippen molar-refractivity contribution < 1.29 is 19.5 Å². The molecule has 0 aromatic heterocycles. The lowest BCUT2D eigenvalue weighted by Gasteiger charge is -2.18. The summed E-state index contributed by atoms with van der Waals surface area (Å²) in [5.41, 5.74) is -0.644. The van der Waals surface area contributed by atoms with Gasteiger partial charge in [-0.1, -0.05) is 27.7 Å². The zero-order valence-corrected chi connectivity index (χ0v) is 17.5. The van der Waals surface area contributed by atoms with Crippen molar-refractivity contribution in [1.29, 1.82) is 0 Å². The van der Waals surface area contributed by atoms with Crippen molar-refractivity contribution in [3.05, 3.63) is 0 Å². The average Bonchev–Trinajstić information content (AvgIpc) is 3.14. The molecule has 0 saturated carbocycles. The zero-order chi connectivity index (χ0) is 20.6. The molecule has 1 saturated heterocycles. The van der Waals surface area contributed by atoms with Gasteiger partial charge in [0.1, 0.15) is 0 Å². The molecule has 3 amide bonds. The molecule has 7 heteroatoms. The van der Waals surface area contributed by atoms with E-state index in [2.05, 4.69) is 10.6 Å². The summed E-state index contributed by atoms with van der Waals surface area (Å²) in [7, 11) is 3.18. The molecular weight excluding hydrogens is 322 g/mol. The van der Waals surface area contributed by atoms with Crippen LogP contribution >= 0.6 is 0 Å². The number of carbonyl (C=O) groups excluding carboxylic acids is 3. The van der Waals surface area contributed by atoms with E-state index in [1.54, 1.807) is 32.8 Å². The first-order valence-corrected chi connectivity index (χ1v) is 8.99. The highest BCUT2D eigenvalue weighted by Gasteiger charge is 2.28. The van der Waals surface area contributed by atoms with Gasteiger partial charge in [0.2, 0.25) is 17.7 Å². The Morgan fingerprint density at radius 1 is 1.08 bits per heavy atom. The summed E-state index contributed by atoms with van der Waals surface area (Å²) < 4.78 is 0. The summed E-state index contributed by atoms with van der Waals surface area (Å²) >= 11 is 0. The molecule has 0 bridgehead atoms. The minimum atomic E-state index is -0.644. The van der Waals surface area contributed by atoms with Crippen molar-refractivity contribution in [1.82, 2.24) is 15.5 Å². The van der Waals surface area contributed by atoms with E-state index in [1.165, 1.54) is 6.92 Å². The fraction of sp³-hybridized carbons (Fsp3) is 0.833. The maximum atomic E-state index is 11.1. The number of amides is 3. The fourth-order valence-corrected chi connectivity index (χ4v) is 1.87. The highest BCUT2D eigenvalue weighted by Crippen LogP contribution is 2.15. The van der Waals surface area contributed by atoms with E-state index in [-0.39, 0.29) is 30.2 Å². The molecule has 25 heavy (non-hydrogen) atoms. The van der Waals surface area contributed by atoms with Gasteiger partial charge in [0.25, 0.3) is 0 Å². The number of carbonyl (C=O) groups is 3. The Labute approximate surface area is 153 Å². The highest BCUT2D eigenvalue weighted by molar-refractivity contribution is 5.81. The summed E-state index contributed by atoms with van der Waals surface area (Å²) in [6.45, 7) is 14.1. The van der Waals surface area contributed by atoms with Crippen LogP contribution in [0.2, 0.25) is 0 Å². The lowest BCUT2D eigenvalue weighted by atomic mass is 9.94. The van der Waals surface area contributed by atoms with Gasteiger partial charge < -0.3 is 20.6 Å². The zero-order valence-electron chi connectivity index (χ0n) is 17.5. The molecular formula is C18H39N3O4. The number of aliphatic hydroxyl groups is 1. The number of hydrogen-bond donors (Lipinski definition) is 3. The number of nitrogens with one attached hydrogen (secondary N) is 2. The second kappa shape index (κ2) is 15.9. The Hall–Kier alpha value is -1.63. The summed E-state index contributed by atoms with van der Waals surface area (Å²) in [4.78, 5) is 34.5. The fourth-order valence-electron chi connectivity index (χ4n) is 1.87. The second-order valence-corrected chi connectivity index (χ2v) is 5.69. The molecule has 3 N–H and O–H groups in total. The van der Waals surface area contributed by atoms with Gasteiger partial charge in [-0.25, -0.2) is 0 Å². The monoisotopic (exact) mass is 361 g/mol. The summed E-state index contributed by atoms with van der Waals surface area (Å²) in [6.07, 6.45) is 0.791. The minimum Gasteiger partial charge on any atom is -0.395 e. The van der Waals surface area contributed by atoms with Gasteiger partial charge in [-0.2, -0.15) is 0 Å². The van der Waals surface area contributed by atoms with Crippen molar-refractivity contribution in [2.75, 3.05) is 33.8 Å². The van der Waals surface area contributed by atoms with Gasteiger partial charge in [-0.05, 0) is 20.3 Å². The van der Waals surface area contributed by atoms with E-state index in [4.69, 9.17) is 5.11 Å². The first-order chi connectivity index (χ1) is 11.7. The largest absolute Gasteiger partial charge is 0.395 e. The van der Waals surface area contributed by atoms with Crippen LogP contribution in [0.4, 0.5) is 0 Å². The SMILES string of the molecule is CC.CC.CNC(=O)C(C)(C)CO.CNC(=O)C1CCN(C(C)=O)C1.